The summed E-state index contributed by atoms with van der Waals surface area (Å²) in [5, 5.41) is 0. The number of nitrogens with two attached hydrogens (primary N) is 1. The average Bonchev–Trinajstić information content (AvgIpc) is 2.56. The van der Waals surface area contributed by atoms with Crippen LogP contribution in [0.25, 0.3) is 0 Å². The molecule has 1 atom stereocenters. The minimum atomic E-state index is -0.283. The fourth-order valence-electron chi connectivity index (χ4n) is 2.20. The van der Waals surface area contributed by atoms with Gasteiger partial charge in [0.05, 0.1) is 0 Å². The summed E-state index contributed by atoms with van der Waals surface area (Å²) in [5.41, 5.74) is 5.06. The highest BCUT2D eigenvalue weighted by molar-refractivity contribution is 5.78. The van der Waals surface area contributed by atoms with E-state index in [2.05, 4.69) is 6.92 Å². The molecule has 16 heavy (non-hydrogen) atoms. The van der Waals surface area contributed by atoms with Gasteiger partial charge in [-0.2, -0.15) is 0 Å². The summed E-state index contributed by atoms with van der Waals surface area (Å²) in [7, 11) is 0. The highest BCUT2D eigenvalue weighted by Crippen LogP contribution is 2.22. The van der Waals surface area contributed by atoms with E-state index in [1.165, 1.54) is 12.8 Å². The van der Waals surface area contributed by atoms with Gasteiger partial charge in [0.25, 0.3) is 0 Å². The molecule has 1 rings (SSSR count). The van der Waals surface area contributed by atoms with Crippen LogP contribution in [-0.4, -0.2) is 29.8 Å². The Balaban J connectivity index is 2.22. The summed E-state index contributed by atoms with van der Waals surface area (Å²) in [6, 6.07) is 0. The lowest BCUT2D eigenvalue weighted by molar-refractivity contribution is -0.128. The molecular formula is C12H22N2O2. The summed E-state index contributed by atoms with van der Waals surface area (Å²) in [6.45, 7) is 3.73. The predicted octanol–water partition coefficient (Wildman–Crippen LogP) is 1.29. The highest BCUT2D eigenvalue weighted by atomic mass is 16.2. The summed E-state index contributed by atoms with van der Waals surface area (Å²) < 4.78 is 0. The van der Waals surface area contributed by atoms with Gasteiger partial charge >= 0.3 is 0 Å². The number of hydrogen-bond donors (Lipinski definition) is 1. The number of rotatable bonds is 7. The Labute approximate surface area is 97.2 Å². The molecule has 0 spiro atoms. The SMILES string of the molecule is CCCCC1CC(=O)N(CCCC(N)=O)C1. The first-order valence-electron chi connectivity index (χ1n) is 6.19. The molecule has 1 heterocycles. The van der Waals surface area contributed by atoms with Gasteiger partial charge in [-0.1, -0.05) is 19.8 Å². The predicted molar refractivity (Wildman–Crippen MR) is 62.6 cm³/mol. The molecule has 0 aliphatic carbocycles. The number of primary amides is 1. The lowest BCUT2D eigenvalue weighted by Gasteiger charge is -2.15. The maximum atomic E-state index is 11.6. The van der Waals surface area contributed by atoms with Crippen molar-refractivity contribution >= 4 is 11.8 Å². The van der Waals surface area contributed by atoms with Crippen LogP contribution in [-0.2, 0) is 9.59 Å². The van der Waals surface area contributed by atoms with Gasteiger partial charge in [0.15, 0.2) is 0 Å². The van der Waals surface area contributed by atoms with Crippen LogP contribution < -0.4 is 5.73 Å². The number of likely N-dealkylation sites (tertiary alicyclic amines) is 1. The van der Waals surface area contributed by atoms with Crippen LogP contribution in [0.5, 0.6) is 0 Å². The monoisotopic (exact) mass is 226 g/mol. The first-order valence-corrected chi connectivity index (χ1v) is 6.19. The molecule has 92 valence electrons. The summed E-state index contributed by atoms with van der Waals surface area (Å²) >= 11 is 0. The van der Waals surface area contributed by atoms with Gasteiger partial charge in [-0.05, 0) is 18.8 Å². The van der Waals surface area contributed by atoms with E-state index in [4.69, 9.17) is 5.73 Å². The van der Waals surface area contributed by atoms with Crippen LogP contribution >= 0.6 is 0 Å². The first-order chi connectivity index (χ1) is 7.63. The van der Waals surface area contributed by atoms with Crippen molar-refractivity contribution in [2.24, 2.45) is 11.7 Å². The van der Waals surface area contributed by atoms with Gasteiger partial charge < -0.3 is 10.6 Å². The zero-order chi connectivity index (χ0) is 12.0. The van der Waals surface area contributed by atoms with Crippen molar-refractivity contribution in [1.82, 2.24) is 4.90 Å². The molecule has 0 saturated carbocycles. The molecule has 0 aromatic heterocycles. The Bertz CT molecular complexity index is 253. The molecule has 4 nitrogen and oxygen atoms in total. The number of unbranched alkanes of at least 4 members (excludes halogenated alkanes) is 1. The molecule has 4 heteroatoms. The van der Waals surface area contributed by atoms with E-state index in [1.807, 2.05) is 4.90 Å². The lowest BCUT2D eigenvalue weighted by atomic mass is 10.0. The van der Waals surface area contributed by atoms with Gasteiger partial charge in [-0.3, -0.25) is 9.59 Å². The van der Waals surface area contributed by atoms with Crippen molar-refractivity contribution in [2.75, 3.05) is 13.1 Å². The van der Waals surface area contributed by atoms with Crippen LogP contribution in [0.4, 0.5) is 0 Å². The zero-order valence-corrected chi connectivity index (χ0v) is 10.1. The Kier molecular flexibility index (Phi) is 5.29. The normalized spacial score (nSPS) is 20.4. The zero-order valence-electron chi connectivity index (χ0n) is 10.1. The maximum absolute atomic E-state index is 11.6. The van der Waals surface area contributed by atoms with Crippen molar-refractivity contribution in [2.45, 2.75) is 45.4 Å². The summed E-state index contributed by atoms with van der Waals surface area (Å²) in [5.74, 6) is 0.487. The molecule has 0 radical (unpaired) electrons. The molecule has 1 aliphatic rings. The van der Waals surface area contributed by atoms with Crippen LogP contribution in [0.3, 0.4) is 0 Å². The average molecular weight is 226 g/mol. The minimum Gasteiger partial charge on any atom is -0.370 e. The second-order valence-electron chi connectivity index (χ2n) is 4.62. The Morgan fingerprint density at radius 3 is 2.88 bits per heavy atom. The van der Waals surface area contributed by atoms with E-state index in [0.29, 0.717) is 31.7 Å². The number of carbonyl (C=O) groups excluding carboxylic acids is 2. The fraction of sp³-hybridized carbons (Fsp3) is 0.833. The molecule has 0 aromatic carbocycles. The van der Waals surface area contributed by atoms with Crippen LogP contribution in [0.1, 0.15) is 45.4 Å². The molecule has 0 bridgehead atoms. The van der Waals surface area contributed by atoms with Crippen LogP contribution in [0.2, 0.25) is 0 Å². The third kappa shape index (κ3) is 4.21. The third-order valence-corrected chi connectivity index (χ3v) is 3.11. The van der Waals surface area contributed by atoms with Gasteiger partial charge in [0, 0.05) is 25.9 Å². The Morgan fingerprint density at radius 1 is 1.50 bits per heavy atom. The van der Waals surface area contributed by atoms with E-state index >= 15 is 0 Å². The quantitative estimate of drug-likeness (QED) is 0.711. The van der Waals surface area contributed by atoms with E-state index in [9.17, 15) is 9.59 Å². The second-order valence-corrected chi connectivity index (χ2v) is 4.62. The number of nitrogens with zero attached hydrogens (tertiary/aromatic N) is 1. The van der Waals surface area contributed by atoms with Gasteiger partial charge in [0.2, 0.25) is 11.8 Å². The molecule has 1 aliphatic heterocycles. The molecule has 2 amide bonds. The maximum Gasteiger partial charge on any atom is 0.222 e. The molecule has 2 N–H and O–H groups in total. The first kappa shape index (κ1) is 13.0. The Hall–Kier alpha value is -1.06. The summed E-state index contributed by atoms with van der Waals surface area (Å²) in [4.78, 5) is 24.1. The lowest BCUT2D eigenvalue weighted by Crippen LogP contribution is -2.27. The van der Waals surface area contributed by atoms with Crippen molar-refractivity contribution in [1.29, 1.82) is 0 Å². The van der Waals surface area contributed by atoms with Crippen LogP contribution in [0, 0.1) is 5.92 Å². The van der Waals surface area contributed by atoms with Crippen molar-refractivity contribution in [3.63, 3.8) is 0 Å². The van der Waals surface area contributed by atoms with E-state index < -0.39 is 0 Å². The second kappa shape index (κ2) is 6.51. The molecular weight excluding hydrogens is 204 g/mol. The molecule has 0 aromatic rings. The van der Waals surface area contributed by atoms with Crippen molar-refractivity contribution < 1.29 is 9.59 Å². The smallest absolute Gasteiger partial charge is 0.222 e. The Morgan fingerprint density at radius 2 is 2.25 bits per heavy atom. The van der Waals surface area contributed by atoms with Crippen molar-refractivity contribution in [3.05, 3.63) is 0 Å². The molecule has 1 fully saturated rings. The van der Waals surface area contributed by atoms with Crippen LogP contribution in [0.15, 0.2) is 0 Å². The van der Waals surface area contributed by atoms with Gasteiger partial charge in [-0.15, -0.1) is 0 Å². The molecule has 1 unspecified atom stereocenters. The standard InChI is InChI=1S/C12H22N2O2/c1-2-3-5-10-8-12(16)14(9-10)7-4-6-11(13)15/h10H,2-9H2,1H3,(H2,13,15). The largest absolute Gasteiger partial charge is 0.370 e. The van der Waals surface area contributed by atoms with Crippen molar-refractivity contribution in [3.8, 4) is 0 Å². The highest BCUT2D eigenvalue weighted by Gasteiger charge is 2.28. The summed E-state index contributed by atoms with van der Waals surface area (Å²) in [6.07, 6.45) is 5.30. The van der Waals surface area contributed by atoms with E-state index in [1.54, 1.807) is 0 Å². The van der Waals surface area contributed by atoms with E-state index in [-0.39, 0.29) is 11.8 Å². The third-order valence-electron chi connectivity index (χ3n) is 3.11. The van der Waals surface area contributed by atoms with Gasteiger partial charge in [0.1, 0.15) is 0 Å². The van der Waals surface area contributed by atoms with E-state index in [0.717, 1.165) is 13.0 Å². The number of amides is 2. The number of hydrogen-bond acceptors (Lipinski definition) is 2. The minimum absolute atomic E-state index is 0.241. The van der Waals surface area contributed by atoms with Gasteiger partial charge in [-0.25, -0.2) is 0 Å². The number of carbonyl (C=O) groups is 2. The molecule has 1 saturated heterocycles. The fourth-order valence-corrected chi connectivity index (χ4v) is 2.20. The topological polar surface area (TPSA) is 63.4 Å².